The fourth-order valence-electron chi connectivity index (χ4n) is 3.46. The van der Waals surface area contributed by atoms with Crippen LogP contribution in [-0.2, 0) is 4.79 Å². The fraction of sp³-hybridized carbons (Fsp3) is 0.174. The van der Waals surface area contributed by atoms with E-state index in [1.54, 1.807) is 31.8 Å². The third-order valence-electron chi connectivity index (χ3n) is 5.04. The molecule has 0 bridgehead atoms. The minimum atomic E-state index is -0.314. The van der Waals surface area contributed by atoms with Gasteiger partial charge in [-0.05, 0) is 48.4 Å². The van der Waals surface area contributed by atoms with Crippen LogP contribution in [0.5, 0.6) is 5.75 Å². The lowest BCUT2D eigenvalue weighted by Crippen LogP contribution is -2.36. The number of amides is 1. The van der Waals surface area contributed by atoms with Gasteiger partial charge in [0.2, 0.25) is 12.4 Å². The number of nitrogens with zero attached hydrogens (tertiary/aromatic N) is 4. The van der Waals surface area contributed by atoms with Gasteiger partial charge in [-0.2, -0.15) is 0 Å². The molecule has 1 atom stereocenters. The molecule has 0 aliphatic carbocycles. The molecule has 1 unspecified atom stereocenters. The van der Waals surface area contributed by atoms with Crippen LogP contribution >= 0.6 is 0 Å². The predicted octanol–water partition coefficient (Wildman–Crippen LogP) is 3.46. The Morgan fingerprint density at radius 3 is 2.71 bits per heavy atom. The van der Waals surface area contributed by atoms with Crippen molar-refractivity contribution < 1.29 is 13.9 Å². The number of hydrogen-bond acceptors (Lipinski definition) is 5. The molecule has 0 fully saturated rings. The lowest BCUT2D eigenvalue weighted by molar-refractivity contribution is -0.116. The number of carbonyl (C=O) groups excluding carboxylic acids is 1. The molecule has 1 aliphatic heterocycles. The average molecular weight is 419 g/mol. The number of halogens is 1. The second kappa shape index (κ2) is 8.83. The molecule has 31 heavy (non-hydrogen) atoms. The van der Waals surface area contributed by atoms with Crippen molar-refractivity contribution in [2.45, 2.75) is 13.0 Å². The van der Waals surface area contributed by atoms with E-state index in [4.69, 9.17) is 4.74 Å². The first kappa shape index (κ1) is 20.3. The summed E-state index contributed by atoms with van der Waals surface area (Å²) in [5, 5.41) is 3.06. The first-order valence-corrected chi connectivity index (χ1v) is 9.74. The van der Waals surface area contributed by atoms with E-state index >= 15 is 0 Å². The van der Waals surface area contributed by atoms with E-state index in [0.717, 1.165) is 28.9 Å². The Morgan fingerprint density at radius 1 is 1.23 bits per heavy atom. The fourth-order valence-corrected chi connectivity index (χ4v) is 3.46. The van der Waals surface area contributed by atoms with E-state index in [2.05, 4.69) is 15.3 Å². The molecule has 0 spiro atoms. The van der Waals surface area contributed by atoms with Gasteiger partial charge in [0, 0.05) is 12.4 Å². The molecule has 0 saturated heterocycles. The van der Waals surface area contributed by atoms with Crippen LogP contribution < -0.4 is 10.1 Å². The third-order valence-corrected chi connectivity index (χ3v) is 5.04. The highest BCUT2D eigenvalue weighted by atomic mass is 19.1. The first-order valence-electron chi connectivity index (χ1n) is 9.74. The van der Waals surface area contributed by atoms with Gasteiger partial charge in [-0.15, -0.1) is 0 Å². The van der Waals surface area contributed by atoms with Crippen LogP contribution in [0.1, 0.15) is 22.9 Å². The number of nitrogens with one attached hydrogen (secondary N) is 1. The lowest BCUT2D eigenvalue weighted by atomic mass is 10.1. The molecule has 0 radical (unpaired) electrons. The standard InChI is InChI=1S/C23H22FN5O2/c1-16-13-28(14-27-16)20-8-3-17(11-22(20)31-2)9-10-25-23-26-12-21(29(23)15-30)18-4-6-19(24)7-5-18/h3-11,13-15,21H,12H2,1-2H3,(H,25,26)/b10-9-. The van der Waals surface area contributed by atoms with Crippen LogP contribution in [0.25, 0.3) is 11.8 Å². The molecule has 2 heterocycles. The minimum Gasteiger partial charge on any atom is -0.495 e. The maximum absolute atomic E-state index is 13.2. The summed E-state index contributed by atoms with van der Waals surface area (Å²) in [5.74, 6) is 0.841. The molecule has 8 heteroatoms. The predicted molar refractivity (Wildman–Crippen MR) is 116 cm³/mol. The Bertz CT molecular complexity index is 1140. The summed E-state index contributed by atoms with van der Waals surface area (Å²) in [7, 11) is 1.62. The molecule has 4 rings (SSSR count). The van der Waals surface area contributed by atoms with Crippen molar-refractivity contribution in [3.8, 4) is 11.4 Å². The maximum atomic E-state index is 13.2. The van der Waals surface area contributed by atoms with Gasteiger partial charge in [-0.25, -0.2) is 14.4 Å². The molecule has 1 amide bonds. The zero-order valence-corrected chi connectivity index (χ0v) is 17.2. The Hall–Kier alpha value is -3.94. The number of hydrogen-bond donors (Lipinski definition) is 1. The summed E-state index contributed by atoms with van der Waals surface area (Å²) in [4.78, 5) is 21.8. The summed E-state index contributed by atoms with van der Waals surface area (Å²) >= 11 is 0. The van der Waals surface area contributed by atoms with Crippen molar-refractivity contribution in [1.29, 1.82) is 0 Å². The van der Waals surface area contributed by atoms with Gasteiger partial charge in [0.15, 0.2) is 0 Å². The molecule has 3 aromatic rings. The minimum absolute atomic E-state index is 0.257. The summed E-state index contributed by atoms with van der Waals surface area (Å²) in [5.41, 5.74) is 3.55. The molecule has 1 N–H and O–H groups in total. The van der Waals surface area contributed by atoms with Crippen LogP contribution in [-0.4, -0.2) is 40.5 Å². The highest BCUT2D eigenvalue weighted by molar-refractivity contribution is 5.92. The number of benzene rings is 2. The van der Waals surface area contributed by atoms with Gasteiger partial charge < -0.3 is 14.6 Å². The van der Waals surface area contributed by atoms with Gasteiger partial charge >= 0.3 is 0 Å². The molecule has 0 saturated carbocycles. The molecule has 158 valence electrons. The molecular weight excluding hydrogens is 397 g/mol. The van der Waals surface area contributed by atoms with Gasteiger partial charge in [-0.3, -0.25) is 9.69 Å². The topological polar surface area (TPSA) is 71.8 Å². The number of aliphatic imine (C=N–C) groups is 1. The van der Waals surface area contributed by atoms with Crippen molar-refractivity contribution in [3.05, 3.63) is 83.8 Å². The second-order valence-corrected chi connectivity index (χ2v) is 7.08. The van der Waals surface area contributed by atoms with Crippen LogP contribution in [0.2, 0.25) is 0 Å². The number of rotatable bonds is 6. The van der Waals surface area contributed by atoms with E-state index in [-0.39, 0.29) is 11.9 Å². The monoisotopic (exact) mass is 419 g/mol. The molecule has 1 aromatic heterocycles. The maximum Gasteiger partial charge on any atom is 0.217 e. The zero-order valence-electron chi connectivity index (χ0n) is 17.2. The van der Waals surface area contributed by atoms with Gasteiger partial charge in [-0.1, -0.05) is 18.2 Å². The highest BCUT2D eigenvalue weighted by Gasteiger charge is 2.28. The lowest BCUT2D eigenvalue weighted by Gasteiger charge is -2.21. The van der Waals surface area contributed by atoms with E-state index in [1.807, 2.05) is 42.0 Å². The highest BCUT2D eigenvalue weighted by Crippen LogP contribution is 2.26. The number of aromatic nitrogens is 2. The number of imidazole rings is 1. The summed E-state index contributed by atoms with van der Waals surface area (Å²) in [6.45, 7) is 2.34. The SMILES string of the molecule is COc1cc(/C=C\NC2=NCC(c3ccc(F)cc3)N2C=O)ccc1-n1cnc(C)c1. The van der Waals surface area contributed by atoms with Crippen molar-refractivity contribution in [1.82, 2.24) is 19.8 Å². The number of carbonyl (C=O) groups is 1. The Morgan fingerprint density at radius 2 is 2.03 bits per heavy atom. The number of guanidine groups is 1. The summed E-state index contributed by atoms with van der Waals surface area (Å²) in [6, 6.07) is 11.7. The smallest absolute Gasteiger partial charge is 0.217 e. The van der Waals surface area contributed by atoms with Crippen molar-refractivity contribution >= 4 is 18.4 Å². The number of methoxy groups -OCH3 is 1. The third kappa shape index (κ3) is 4.32. The normalized spacial score (nSPS) is 15.9. The van der Waals surface area contributed by atoms with E-state index in [1.165, 1.54) is 17.0 Å². The van der Waals surface area contributed by atoms with Gasteiger partial charge in [0.25, 0.3) is 0 Å². The van der Waals surface area contributed by atoms with Crippen LogP contribution in [0.3, 0.4) is 0 Å². The van der Waals surface area contributed by atoms with Crippen molar-refractivity contribution in [2.24, 2.45) is 4.99 Å². The van der Waals surface area contributed by atoms with Gasteiger partial charge in [0.1, 0.15) is 11.6 Å². The van der Waals surface area contributed by atoms with Crippen LogP contribution in [0, 0.1) is 12.7 Å². The molecular formula is C23H22FN5O2. The van der Waals surface area contributed by atoms with E-state index < -0.39 is 0 Å². The number of ether oxygens (including phenoxy) is 1. The average Bonchev–Trinajstić information content (AvgIpc) is 3.40. The van der Waals surface area contributed by atoms with Crippen molar-refractivity contribution in [3.63, 3.8) is 0 Å². The first-order chi connectivity index (χ1) is 15.1. The van der Waals surface area contributed by atoms with E-state index in [9.17, 15) is 9.18 Å². The number of aryl methyl sites for hydroxylation is 1. The molecule has 2 aromatic carbocycles. The quantitative estimate of drug-likeness (QED) is 0.621. The second-order valence-electron chi connectivity index (χ2n) is 7.08. The van der Waals surface area contributed by atoms with Crippen LogP contribution in [0.4, 0.5) is 4.39 Å². The summed E-state index contributed by atoms with van der Waals surface area (Å²) in [6.07, 6.45) is 7.98. The Kier molecular flexibility index (Phi) is 5.79. The van der Waals surface area contributed by atoms with Crippen molar-refractivity contribution in [2.75, 3.05) is 13.7 Å². The van der Waals surface area contributed by atoms with Gasteiger partial charge in [0.05, 0.1) is 37.4 Å². The zero-order chi connectivity index (χ0) is 21.8. The largest absolute Gasteiger partial charge is 0.495 e. The Balaban J connectivity index is 1.45. The summed E-state index contributed by atoms with van der Waals surface area (Å²) < 4.78 is 20.6. The Labute approximate surface area is 179 Å². The molecule has 7 nitrogen and oxygen atoms in total. The van der Waals surface area contributed by atoms with E-state index in [0.29, 0.717) is 18.3 Å². The van der Waals surface area contributed by atoms with Crippen LogP contribution in [0.15, 0.2) is 66.2 Å². The molecule has 1 aliphatic rings.